The fraction of sp³-hybridized carbons (Fsp3) is 0.125. The van der Waals surface area contributed by atoms with Gasteiger partial charge in [0.2, 0.25) is 11.8 Å². The van der Waals surface area contributed by atoms with Crippen LogP contribution in [0.1, 0.15) is 15.9 Å². The number of carbonyl (C=O) groups is 2. The van der Waals surface area contributed by atoms with Gasteiger partial charge in [-0.3, -0.25) is 9.59 Å². The van der Waals surface area contributed by atoms with E-state index >= 15 is 0 Å². The molecule has 166 valence electrons. The van der Waals surface area contributed by atoms with Crippen molar-refractivity contribution in [3.63, 3.8) is 0 Å². The first-order chi connectivity index (χ1) is 16.0. The number of fused-ring (bicyclic) bond motifs is 1. The molecule has 2 amide bonds. The molecular weight excluding hydrogens is 418 g/mol. The molecule has 0 fully saturated rings. The Morgan fingerprint density at radius 3 is 2.45 bits per heavy atom. The number of nitrogen functional groups attached to an aromatic ring is 1. The van der Waals surface area contributed by atoms with E-state index in [1.54, 1.807) is 33.8 Å². The maximum absolute atomic E-state index is 12.5. The summed E-state index contributed by atoms with van der Waals surface area (Å²) in [5, 5.41) is 5.32. The molecule has 0 unspecified atom stereocenters. The van der Waals surface area contributed by atoms with Crippen molar-refractivity contribution < 1.29 is 9.59 Å². The third-order valence-corrected chi connectivity index (χ3v) is 5.29. The summed E-state index contributed by atoms with van der Waals surface area (Å²) in [5.74, 6) is -0.388. The normalized spacial score (nSPS) is 10.8. The van der Waals surface area contributed by atoms with Crippen molar-refractivity contribution in [1.29, 1.82) is 0 Å². The summed E-state index contributed by atoms with van der Waals surface area (Å²) < 4.78 is 1.71. The molecule has 4 N–H and O–H groups in total. The first-order valence-electron chi connectivity index (χ1n) is 10.3. The molecule has 9 nitrogen and oxygen atoms in total. The summed E-state index contributed by atoms with van der Waals surface area (Å²) in [4.78, 5) is 34.0. The molecule has 0 bridgehead atoms. The predicted molar refractivity (Wildman–Crippen MR) is 126 cm³/mol. The van der Waals surface area contributed by atoms with Gasteiger partial charge in [-0.1, -0.05) is 49.0 Å². The van der Waals surface area contributed by atoms with E-state index in [1.165, 1.54) is 12.4 Å². The molecule has 2 aromatic carbocycles. The number of rotatable bonds is 8. The van der Waals surface area contributed by atoms with Gasteiger partial charge in [-0.15, -0.1) is 0 Å². The second-order valence-corrected chi connectivity index (χ2v) is 7.42. The standard InChI is InChI=1S/C24H23N7O2/c1-2-19(32)30(14-16-6-4-3-5-7-16)12-13-31-24-20(22(25)27-15-28-24)21(29-31)17-8-10-18(11-9-17)23(26)33/h2-11,15H,1,12-14H2,(H2,26,33)(H2,25,27,28). The number of carbonyl (C=O) groups excluding carboxylic acids is 2. The SMILES string of the molecule is C=CC(=O)N(CCn1nc(-c2ccc(C(N)=O)cc2)c2c(N)ncnc21)Cc1ccccc1. The lowest BCUT2D eigenvalue weighted by molar-refractivity contribution is -0.126. The summed E-state index contributed by atoms with van der Waals surface area (Å²) in [6, 6.07) is 16.5. The zero-order valence-corrected chi connectivity index (χ0v) is 17.9. The average Bonchev–Trinajstić information content (AvgIpc) is 3.22. The lowest BCUT2D eigenvalue weighted by Gasteiger charge is -2.21. The van der Waals surface area contributed by atoms with Crippen LogP contribution >= 0.6 is 0 Å². The third-order valence-electron chi connectivity index (χ3n) is 5.29. The number of hydrogen-bond donors (Lipinski definition) is 2. The molecule has 2 heterocycles. The highest BCUT2D eigenvalue weighted by Gasteiger charge is 2.19. The van der Waals surface area contributed by atoms with Crippen LogP contribution < -0.4 is 11.5 Å². The largest absolute Gasteiger partial charge is 0.383 e. The Morgan fingerprint density at radius 1 is 1.06 bits per heavy atom. The van der Waals surface area contributed by atoms with E-state index in [0.717, 1.165) is 11.1 Å². The first-order valence-corrected chi connectivity index (χ1v) is 10.3. The Morgan fingerprint density at radius 2 is 1.79 bits per heavy atom. The minimum absolute atomic E-state index is 0.174. The molecule has 0 spiro atoms. The molecule has 0 atom stereocenters. The van der Waals surface area contributed by atoms with E-state index in [4.69, 9.17) is 16.6 Å². The fourth-order valence-corrected chi connectivity index (χ4v) is 3.60. The molecule has 0 aliphatic heterocycles. The second kappa shape index (κ2) is 9.31. The zero-order chi connectivity index (χ0) is 23.4. The second-order valence-electron chi connectivity index (χ2n) is 7.42. The van der Waals surface area contributed by atoms with E-state index in [0.29, 0.717) is 47.7 Å². The van der Waals surface area contributed by atoms with Gasteiger partial charge in [-0.2, -0.15) is 5.10 Å². The molecule has 9 heteroatoms. The summed E-state index contributed by atoms with van der Waals surface area (Å²) in [6.07, 6.45) is 2.68. The van der Waals surface area contributed by atoms with Crippen molar-refractivity contribution >= 4 is 28.7 Å². The molecule has 4 rings (SSSR count). The van der Waals surface area contributed by atoms with E-state index in [2.05, 4.69) is 16.5 Å². The number of nitrogens with zero attached hydrogens (tertiary/aromatic N) is 5. The maximum Gasteiger partial charge on any atom is 0.248 e. The van der Waals surface area contributed by atoms with Crippen LogP contribution in [0.25, 0.3) is 22.3 Å². The zero-order valence-electron chi connectivity index (χ0n) is 17.9. The molecule has 0 saturated carbocycles. The highest BCUT2D eigenvalue weighted by molar-refractivity contribution is 5.99. The molecule has 0 radical (unpaired) electrons. The number of anilines is 1. The molecule has 0 saturated heterocycles. The average molecular weight is 441 g/mol. The van der Waals surface area contributed by atoms with Gasteiger partial charge in [0, 0.05) is 24.2 Å². The molecule has 2 aromatic heterocycles. The van der Waals surface area contributed by atoms with Gasteiger partial charge in [0.15, 0.2) is 5.65 Å². The molecule has 0 aliphatic carbocycles. The van der Waals surface area contributed by atoms with Gasteiger partial charge in [-0.25, -0.2) is 14.6 Å². The minimum atomic E-state index is -0.509. The van der Waals surface area contributed by atoms with Crippen LogP contribution in [0.5, 0.6) is 0 Å². The molecular formula is C24H23N7O2. The van der Waals surface area contributed by atoms with Gasteiger partial charge in [0.1, 0.15) is 17.8 Å². The van der Waals surface area contributed by atoms with E-state index in [1.807, 2.05) is 30.3 Å². The molecule has 33 heavy (non-hydrogen) atoms. The predicted octanol–water partition coefficient (Wildman–Crippen LogP) is 2.39. The lowest BCUT2D eigenvalue weighted by atomic mass is 10.1. The van der Waals surface area contributed by atoms with Gasteiger partial charge in [0.05, 0.1) is 11.9 Å². The Kier molecular flexibility index (Phi) is 6.12. The van der Waals surface area contributed by atoms with E-state index in [-0.39, 0.29) is 5.91 Å². The van der Waals surface area contributed by atoms with Crippen LogP contribution in [0.3, 0.4) is 0 Å². The monoisotopic (exact) mass is 441 g/mol. The highest BCUT2D eigenvalue weighted by atomic mass is 16.2. The van der Waals surface area contributed by atoms with Crippen molar-refractivity contribution in [3.8, 4) is 11.3 Å². The number of primary amides is 1. The fourth-order valence-electron chi connectivity index (χ4n) is 3.60. The molecule has 0 aliphatic rings. The van der Waals surface area contributed by atoms with E-state index < -0.39 is 5.91 Å². The highest BCUT2D eigenvalue weighted by Crippen LogP contribution is 2.30. The third kappa shape index (κ3) is 4.57. The number of aromatic nitrogens is 4. The Hall–Kier alpha value is -4.53. The van der Waals surface area contributed by atoms with Crippen molar-refractivity contribution in [2.24, 2.45) is 5.73 Å². The lowest BCUT2D eigenvalue weighted by Crippen LogP contribution is -2.32. The number of nitrogens with two attached hydrogens (primary N) is 2. The number of amides is 2. The van der Waals surface area contributed by atoms with E-state index in [9.17, 15) is 9.59 Å². The topological polar surface area (TPSA) is 133 Å². The van der Waals surface area contributed by atoms with Gasteiger partial charge < -0.3 is 16.4 Å². The van der Waals surface area contributed by atoms with Gasteiger partial charge >= 0.3 is 0 Å². The smallest absolute Gasteiger partial charge is 0.248 e. The Bertz CT molecular complexity index is 1310. The quantitative estimate of drug-likeness (QED) is 0.403. The van der Waals surface area contributed by atoms with Crippen molar-refractivity contribution in [3.05, 3.63) is 84.7 Å². The van der Waals surface area contributed by atoms with Crippen LogP contribution in [0, 0.1) is 0 Å². The van der Waals surface area contributed by atoms with Crippen LogP contribution in [-0.4, -0.2) is 43.0 Å². The van der Waals surface area contributed by atoms with Crippen LogP contribution in [0.4, 0.5) is 5.82 Å². The van der Waals surface area contributed by atoms with Crippen LogP contribution in [0.15, 0.2) is 73.6 Å². The first kappa shape index (κ1) is 21.7. The summed E-state index contributed by atoms with van der Waals surface area (Å²) in [6.45, 7) is 4.84. The summed E-state index contributed by atoms with van der Waals surface area (Å²) in [5.41, 5.74) is 14.8. The molecule has 4 aromatic rings. The Balaban J connectivity index is 1.66. The maximum atomic E-state index is 12.5. The number of benzene rings is 2. The van der Waals surface area contributed by atoms with Crippen LogP contribution in [-0.2, 0) is 17.9 Å². The van der Waals surface area contributed by atoms with Crippen molar-refractivity contribution in [2.45, 2.75) is 13.1 Å². The van der Waals surface area contributed by atoms with Crippen molar-refractivity contribution in [1.82, 2.24) is 24.6 Å². The minimum Gasteiger partial charge on any atom is -0.383 e. The Labute approximate surface area is 190 Å². The summed E-state index contributed by atoms with van der Waals surface area (Å²) in [7, 11) is 0. The summed E-state index contributed by atoms with van der Waals surface area (Å²) >= 11 is 0. The van der Waals surface area contributed by atoms with Crippen molar-refractivity contribution in [2.75, 3.05) is 12.3 Å². The van der Waals surface area contributed by atoms with Gasteiger partial charge in [-0.05, 0) is 23.8 Å². The van der Waals surface area contributed by atoms with Crippen LogP contribution in [0.2, 0.25) is 0 Å². The number of hydrogen-bond acceptors (Lipinski definition) is 6. The van der Waals surface area contributed by atoms with Gasteiger partial charge in [0.25, 0.3) is 0 Å².